The largest absolute Gasteiger partial charge is 0.494 e. The van der Waals surface area contributed by atoms with Crippen molar-refractivity contribution in [3.05, 3.63) is 60.2 Å². The first-order valence-electron chi connectivity index (χ1n) is 8.04. The zero-order chi connectivity index (χ0) is 18.1. The van der Waals surface area contributed by atoms with E-state index in [-0.39, 0.29) is 23.8 Å². The molecule has 0 atom stereocenters. The molecule has 1 amide bonds. The topological polar surface area (TPSA) is 84.5 Å². The van der Waals surface area contributed by atoms with Gasteiger partial charge in [-0.3, -0.25) is 4.79 Å². The Hall–Kier alpha value is -2.38. The van der Waals surface area contributed by atoms with E-state index in [0.29, 0.717) is 18.9 Å². The molecule has 0 fully saturated rings. The number of hydrogen-bond acceptors (Lipinski definition) is 4. The van der Waals surface area contributed by atoms with Crippen LogP contribution in [0.4, 0.5) is 0 Å². The van der Waals surface area contributed by atoms with Crippen LogP contribution in [-0.4, -0.2) is 27.5 Å². The van der Waals surface area contributed by atoms with Gasteiger partial charge in [-0.05, 0) is 36.8 Å². The number of rotatable bonds is 9. The lowest BCUT2D eigenvalue weighted by atomic mass is 10.2. The standard InChI is InChI=1S/C18H22N2O4S/c1-2-24-16-8-10-17(11-9-16)25(22,23)20-13-12-18(21)19-14-15-6-4-3-5-7-15/h3-11,20H,2,12-14H2,1H3,(H,19,21). The van der Waals surface area contributed by atoms with Crippen LogP contribution in [0.1, 0.15) is 18.9 Å². The third-order valence-electron chi connectivity index (χ3n) is 3.42. The third-order valence-corrected chi connectivity index (χ3v) is 4.90. The van der Waals surface area contributed by atoms with Crippen LogP contribution in [-0.2, 0) is 21.4 Å². The molecule has 0 bridgehead atoms. The summed E-state index contributed by atoms with van der Waals surface area (Å²) in [6.45, 7) is 2.83. The minimum absolute atomic E-state index is 0.0379. The molecular formula is C18H22N2O4S. The predicted octanol–water partition coefficient (Wildman–Crippen LogP) is 2.07. The summed E-state index contributed by atoms with van der Waals surface area (Å²) in [5, 5.41) is 2.76. The first-order valence-corrected chi connectivity index (χ1v) is 9.53. The maximum absolute atomic E-state index is 12.2. The number of sulfonamides is 1. The molecule has 134 valence electrons. The average Bonchev–Trinajstić information content (AvgIpc) is 2.61. The molecule has 0 aromatic heterocycles. The van der Waals surface area contributed by atoms with Gasteiger partial charge in [0.1, 0.15) is 5.75 Å². The van der Waals surface area contributed by atoms with Crippen molar-refractivity contribution >= 4 is 15.9 Å². The summed E-state index contributed by atoms with van der Waals surface area (Å²) in [5.74, 6) is 0.403. The third kappa shape index (κ3) is 6.21. The highest BCUT2D eigenvalue weighted by atomic mass is 32.2. The van der Waals surface area contributed by atoms with E-state index in [9.17, 15) is 13.2 Å². The van der Waals surface area contributed by atoms with E-state index in [2.05, 4.69) is 10.0 Å². The van der Waals surface area contributed by atoms with Gasteiger partial charge in [-0.2, -0.15) is 0 Å². The van der Waals surface area contributed by atoms with E-state index >= 15 is 0 Å². The molecule has 2 rings (SSSR count). The van der Waals surface area contributed by atoms with Crippen molar-refractivity contribution in [2.24, 2.45) is 0 Å². The van der Waals surface area contributed by atoms with Crippen LogP contribution in [0.2, 0.25) is 0 Å². The summed E-state index contributed by atoms with van der Waals surface area (Å²) in [5.41, 5.74) is 0.991. The van der Waals surface area contributed by atoms with E-state index in [4.69, 9.17) is 4.74 Å². The number of amides is 1. The molecule has 0 radical (unpaired) electrons. The van der Waals surface area contributed by atoms with Crippen molar-refractivity contribution < 1.29 is 17.9 Å². The number of nitrogens with one attached hydrogen (secondary N) is 2. The van der Waals surface area contributed by atoms with E-state index in [1.807, 2.05) is 37.3 Å². The fraction of sp³-hybridized carbons (Fsp3) is 0.278. The van der Waals surface area contributed by atoms with Crippen molar-refractivity contribution in [2.45, 2.75) is 24.8 Å². The molecule has 2 aromatic carbocycles. The molecule has 0 aliphatic rings. The molecule has 0 saturated heterocycles. The maximum atomic E-state index is 12.2. The maximum Gasteiger partial charge on any atom is 0.240 e. The molecule has 0 spiro atoms. The van der Waals surface area contributed by atoms with Gasteiger partial charge in [0.25, 0.3) is 0 Å². The zero-order valence-electron chi connectivity index (χ0n) is 14.1. The molecule has 0 aliphatic carbocycles. The van der Waals surface area contributed by atoms with Crippen LogP contribution in [0, 0.1) is 0 Å². The summed E-state index contributed by atoms with van der Waals surface area (Å²) >= 11 is 0. The van der Waals surface area contributed by atoms with Crippen LogP contribution >= 0.6 is 0 Å². The quantitative estimate of drug-likeness (QED) is 0.715. The fourth-order valence-corrected chi connectivity index (χ4v) is 3.18. The summed E-state index contributed by atoms with van der Waals surface area (Å²) in [6.07, 6.45) is 0.0725. The van der Waals surface area contributed by atoms with Crippen LogP contribution in [0.25, 0.3) is 0 Å². The average molecular weight is 362 g/mol. The van der Waals surface area contributed by atoms with E-state index in [1.54, 1.807) is 12.1 Å². The van der Waals surface area contributed by atoms with Gasteiger partial charge in [-0.15, -0.1) is 0 Å². The molecule has 0 aliphatic heterocycles. The Morgan fingerprint density at radius 3 is 2.36 bits per heavy atom. The summed E-state index contributed by atoms with van der Waals surface area (Å²) in [4.78, 5) is 11.9. The summed E-state index contributed by atoms with van der Waals surface area (Å²) in [7, 11) is -3.64. The van der Waals surface area contributed by atoms with Crippen LogP contribution in [0.3, 0.4) is 0 Å². The van der Waals surface area contributed by atoms with Gasteiger partial charge in [0.05, 0.1) is 11.5 Å². The molecular weight excluding hydrogens is 340 g/mol. The number of carbonyl (C=O) groups is 1. The lowest BCUT2D eigenvalue weighted by Gasteiger charge is -2.09. The summed E-state index contributed by atoms with van der Waals surface area (Å²) < 4.78 is 32.1. The van der Waals surface area contributed by atoms with Crippen molar-refractivity contribution in [3.8, 4) is 5.75 Å². The Balaban J connectivity index is 1.78. The zero-order valence-corrected chi connectivity index (χ0v) is 14.9. The smallest absolute Gasteiger partial charge is 0.240 e. The second kappa shape index (κ2) is 9.19. The highest BCUT2D eigenvalue weighted by Gasteiger charge is 2.14. The van der Waals surface area contributed by atoms with Gasteiger partial charge in [0.2, 0.25) is 15.9 Å². The normalized spacial score (nSPS) is 11.1. The monoisotopic (exact) mass is 362 g/mol. The van der Waals surface area contributed by atoms with E-state index in [0.717, 1.165) is 5.56 Å². The highest BCUT2D eigenvalue weighted by molar-refractivity contribution is 7.89. The number of benzene rings is 2. The first-order chi connectivity index (χ1) is 12.0. The van der Waals surface area contributed by atoms with Gasteiger partial charge in [0.15, 0.2) is 0 Å². The van der Waals surface area contributed by atoms with Crippen molar-refractivity contribution in [2.75, 3.05) is 13.2 Å². The Labute approximate surface area is 148 Å². The molecule has 0 heterocycles. The number of carbonyl (C=O) groups excluding carboxylic acids is 1. The Morgan fingerprint density at radius 1 is 1.04 bits per heavy atom. The second-order valence-electron chi connectivity index (χ2n) is 5.31. The van der Waals surface area contributed by atoms with E-state index < -0.39 is 10.0 Å². The lowest BCUT2D eigenvalue weighted by molar-refractivity contribution is -0.121. The van der Waals surface area contributed by atoms with Gasteiger partial charge in [-0.1, -0.05) is 30.3 Å². The fourth-order valence-electron chi connectivity index (χ4n) is 2.15. The first kappa shape index (κ1) is 19.0. The number of hydrogen-bond donors (Lipinski definition) is 2. The molecule has 25 heavy (non-hydrogen) atoms. The Kier molecular flexibility index (Phi) is 6.97. The van der Waals surface area contributed by atoms with Gasteiger partial charge < -0.3 is 10.1 Å². The second-order valence-corrected chi connectivity index (χ2v) is 7.08. The summed E-state index contributed by atoms with van der Waals surface area (Å²) in [6, 6.07) is 15.7. The van der Waals surface area contributed by atoms with E-state index in [1.165, 1.54) is 12.1 Å². The van der Waals surface area contributed by atoms with Gasteiger partial charge in [-0.25, -0.2) is 13.1 Å². The lowest BCUT2D eigenvalue weighted by Crippen LogP contribution is -2.30. The molecule has 6 nitrogen and oxygen atoms in total. The molecule has 0 unspecified atom stereocenters. The SMILES string of the molecule is CCOc1ccc(S(=O)(=O)NCCC(=O)NCc2ccccc2)cc1. The van der Waals surface area contributed by atoms with Crippen molar-refractivity contribution in [3.63, 3.8) is 0 Å². The van der Waals surface area contributed by atoms with Gasteiger partial charge >= 0.3 is 0 Å². The molecule has 2 N–H and O–H groups in total. The molecule has 2 aromatic rings. The van der Waals surface area contributed by atoms with Crippen LogP contribution < -0.4 is 14.8 Å². The Bertz CT molecular complexity index is 774. The van der Waals surface area contributed by atoms with Crippen molar-refractivity contribution in [1.82, 2.24) is 10.0 Å². The van der Waals surface area contributed by atoms with Crippen LogP contribution in [0.15, 0.2) is 59.5 Å². The minimum atomic E-state index is -3.64. The van der Waals surface area contributed by atoms with Crippen molar-refractivity contribution in [1.29, 1.82) is 0 Å². The minimum Gasteiger partial charge on any atom is -0.494 e. The predicted molar refractivity (Wildman–Crippen MR) is 95.7 cm³/mol. The highest BCUT2D eigenvalue weighted by Crippen LogP contribution is 2.15. The number of ether oxygens (including phenoxy) is 1. The Morgan fingerprint density at radius 2 is 1.72 bits per heavy atom. The van der Waals surface area contributed by atoms with Gasteiger partial charge in [0, 0.05) is 19.5 Å². The molecule has 7 heteroatoms. The molecule has 0 saturated carbocycles. The van der Waals surface area contributed by atoms with Crippen LogP contribution in [0.5, 0.6) is 5.75 Å².